The fourth-order valence-electron chi connectivity index (χ4n) is 3.22. The number of nitrogens with one attached hydrogen (secondary N) is 1. The quantitative estimate of drug-likeness (QED) is 0.809. The van der Waals surface area contributed by atoms with Gasteiger partial charge in [0.25, 0.3) is 5.91 Å². The maximum atomic E-state index is 12.4. The van der Waals surface area contributed by atoms with Crippen molar-refractivity contribution in [2.75, 3.05) is 32.7 Å². The molecule has 1 aliphatic heterocycles. The number of carbonyl (C=O) groups is 2. The Balaban J connectivity index is 1.43. The number of benzene rings is 1. The summed E-state index contributed by atoms with van der Waals surface area (Å²) in [5, 5.41) is 6.04. The highest BCUT2D eigenvalue weighted by Gasteiger charge is 2.22. The van der Waals surface area contributed by atoms with Gasteiger partial charge in [0, 0.05) is 43.7 Å². The van der Waals surface area contributed by atoms with Gasteiger partial charge in [0.05, 0.1) is 17.2 Å². The first-order valence-corrected chi connectivity index (χ1v) is 10.6. The van der Waals surface area contributed by atoms with Crippen molar-refractivity contribution in [3.8, 4) is 0 Å². The minimum atomic E-state index is -0.203. The van der Waals surface area contributed by atoms with Crippen LogP contribution in [0.3, 0.4) is 0 Å². The van der Waals surface area contributed by atoms with Crippen LogP contribution in [0.2, 0.25) is 0 Å². The van der Waals surface area contributed by atoms with Crippen LogP contribution < -0.4 is 5.32 Å². The van der Waals surface area contributed by atoms with E-state index in [2.05, 4.69) is 27.5 Å². The van der Waals surface area contributed by atoms with Crippen molar-refractivity contribution < 1.29 is 9.59 Å². The van der Waals surface area contributed by atoms with Gasteiger partial charge in [-0.2, -0.15) is 0 Å². The Morgan fingerprint density at radius 2 is 1.89 bits per heavy atom. The molecule has 0 bridgehead atoms. The second-order valence-corrected chi connectivity index (χ2v) is 8.17. The molecule has 28 heavy (non-hydrogen) atoms. The van der Waals surface area contributed by atoms with Crippen molar-refractivity contribution in [1.29, 1.82) is 0 Å². The van der Waals surface area contributed by atoms with E-state index in [1.54, 1.807) is 17.4 Å². The molecule has 2 heterocycles. The summed E-state index contributed by atoms with van der Waals surface area (Å²) in [4.78, 5) is 33.5. The molecular weight excluding hydrogens is 372 g/mol. The van der Waals surface area contributed by atoms with Gasteiger partial charge in [-0.3, -0.25) is 14.5 Å². The van der Waals surface area contributed by atoms with E-state index in [0.717, 1.165) is 42.9 Å². The molecule has 1 saturated heterocycles. The Labute approximate surface area is 170 Å². The number of thiazole rings is 1. The first-order chi connectivity index (χ1) is 13.5. The smallest absolute Gasteiger partial charge is 0.251 e. The lowest BCUT2D eigenvalue weighted by Gasteiger charge is -2.34. The third-order valence-electron chi connectivity index (χ3n) is 5.18. The molecule has 2 aromatic rings. The van der Waals surface area contributed by atoms with E-state index in [0.29, 0.717) is 18.7 Å². The van der Waals surface area contributed by atoms with Crippen LogP contribution in [-0.2, 0) is 17.8 Å². The van der Waals surface area contributed by atoms with E-state index in [1.165, 1.54) is 5.01 Å². The molecule has 0 atom stereocenters. The highest BCUT2D eigenvalue weighted by molar-refractivity contribution is 7.09. The van der Waals surface area contributed by atoms with Crippen LogP contribution in [0.25, 0.3) is 0 Å². The maximum absolute atomic E-state index is 12.4. The van der Waals surface area contributed by atoms with Crippen molar-refractivity contribution in [2.45, 2.75) is 33.7 Å². The van der Waals surface area contributed by atoms with Crippen molar-refractivity contribution in [1.82, 2.24) is 20.1 Å². The molecule has 0 unspecified atom stereocenters. The summed E-state index contributed by atoms with van der Waals surface area (Å²) < 4.78 is 0. The van der Waals surface area contributed by atoms with Gasteiger partial charge < -0.3 is 10.2 Å². The molecule has 7 heteroatoms. The third kappa shape index (κ3) is 5.17. The van der Waals surface area contributed by atoms with E-state index in [9.17, 15) is 9.59 Å². The molecule has 0 spiro atoms. The van der Waals surface area contributed by atoms with E-state index >= 15 is 0 Å². The lowest BCUT2D eigenvalue weighted by atomic mass is 10.1. The van der Waals surface area contributed by atoms with Gasteiger partial charge >= 0.3 is 0 Å². The molecule has 1 N–H and O–H groups in total. The summed E-state index contributed by atoms with van der Waals surface area (Å²) in [6.45, 7) is 10.0. The van der Waals surface area contributed by atoms with Gasteiger partial charge in [0.1, 0.15) is 0 Å². The lowest BCUT2D eigenvalue weighted by molar-refractivity contribution is -0.131. The van der Waals surface area contributed by atoms with Crippen LogP contribution >= 0.6 is 11.3 Å². The fourth-order valence-corrected chi connectivity index (χ4v) is 3.96. The highest BCUT2D eigenvalue weighted by atomic mass is 32.1. The van der Waals surface area contributed by atoms with Crippen molar-refractivity contribution >= 4 is 23.2 Å². The summed E-state index contributed by atoms with van der Waals surface area (Å²) in [6, 6.07) is 5.58. The molecule has 1 aromatic heterocycles. The van der Waals surface area contributed by atoms with Crippen molar-refractivity contribution in [3.63, 3.8) is 0 Å². The van der Waals surface area contributed by atoms with Gasteiger partial charge in [0.15, 0.2) is 0 Å². The van der Waals surface area contributed by atoms with E-state index in [-0.39, 0.29) is 18.4 Å². The molecule has 150 valence electrons. The van der Waals surface area contributed by atoms with E-state index < -0.39 is 0 Å². The monoisotopic (exact) mass is 400 g/mol. The summed E-state index contributed by atoms with van der Waals surface area (Å²) in [6.07, 6.45) is 0.973. The Kier molecular flexibility index (Phi) is 6.80. The lowest BCUT2D eigenvalue weighted by Crippen LogP contribution is -2.50. The van der Waals surface area contributed by atoms with Crippen molar-refractivity contribution in [3.05, 3.63) is 51.0 Å². The molecule has 1 fully saturated rings. The second-order valence-electron chi connectivity index (χ2n) is 7.22. The minimum absolute atomic E-state index is 0.0289. The molecule has 1 aliphatic rings. The summed E-state index contributed by atoms with van der Waals surface area (Å²) >= 11 is 1.71. The first-order valence-electron chi connectivity index (χ1n) is 9.75. The highest BCUT2D eigenvalue weighted by Crippen LogP contribution is 2.14. The van der Waals surface area contributed by atoms with Crippen LogP contribution in [-0.4, -0.2) is 59.3 Å². The number of nitrogens with zero attached hydrogens (tertiary/aromatic N) is 3. The zero-order valence-corrected chi connectivity index (χ0v) is 17.6. The van der Waals surface area contributed by atoms with Gasteiger partial charge in [-0.15, -0.1) is 11.3 Å². The maximum Gasteiger partial charge on any atom is 0.251 e. The van der Waals surface area contributed by atoms with Crippen LogP contribution in [0.1, 0.15) is 39.1 Å². The third-order valence-corrected chi connectivity index (χ3v) is 6.22. The largest absolute Gasteiger partial charge is 0.343 e. The molecule has 6 nitrogen and oxygen atoms in total. The average molecular weight is 401 g/mol. The standard InChI is InChI=1S/C21H28N4O2S/c1-4-19-23-18(14-28-19)13-24-7-9-25(10-8-24)20(26)12-22-21(27)17-6-5-15(2)16(3)11-17/h5-6,11,14H,4,7-10,12-13H2,1-3H3,(H,22,27). The predicted octanol–water partition coefficient (Wildman–Crippen LogP) is 2.40. The molecule has 3 rings (SSSR count). The molecule has 2 amide bonds. The van der Waals surface area contributed by atoms with Crippen LogP contribution in [0.5, 0.6) is 0 Å². The number of rotatable bonds is 6. The van der Waals surface area contributed by atoms with Gasteiger partial charge in [0.2, 0.25) is 5.91 Å². The Bertz CT molecular complexity index is 841. The minimum Gasteiger partial charge on any atom is -0.343 e. The summed E-state index contributed by atoms with van der Waals surface area (Å²) in [7, 11) is 0. The molecule has 1 aromatic carbocycles. The predicted molar refractivity (Wildman–Crippen MR) is 112 cm³/mol. The number of aromatic nitrogens is 1. The van der Waals surface area contributed by atoms with Gasteiger partial charge in [-0.05, 0) is 43.5 Å². The zero-order valence-electron chi connectivity index (χ0n) is 16.8. The fraction of sp³-hybridized carbons (Fsp3) is 0.476. The number of amides is 2. The SMILES string of the molecule is CCc1nc(CN2CCN(C(=O)CNC(=O)c3ccc(C)c(C)c3)CC2)cs1. The van der Waals surface area contributed by atoms with E-state index in [4.69, 9.17) is 0 Å². The van der Waals surface area contributed by atoms with Crippen LogP contribution in [0, 0.1) is 13.8 Å². The van der Waals surface area contributed by atoms with Gasteiger partial charge in [-0.1, -0.05) is 13.0 Å². The number of hydrogen-bond donors (Lipinski definition) is 1. The summed E-state index contributed by atoms with van der Waals surface area (Å²) in [5.74, 6) is -0.232. The topological polar surface area (TPSA) is 65.5 Å². The van der Waals surface area contributed by atoms with E-state index in [1.807, 2.05) is 30.9 Å². The number of carbonyl (C=O) groups excluding carboxylic acids is 2. The molecule has 0 aliphatic carbocycles. The average Bonchev–Trinajstić information content (AvgIpc) is 3.16. The number of aryl methyl sites for hydroxylation is 3. The van der Waals surface area contributed by atoms with Crippen LogP contribution in [0.15, 0.2) is 23.6 Å². The number of piperazine rings is 1. The Hall–Kier alpha value is -2.25. The van der Waals surface area contributed by atoms with Gasteiger partial charge in [-0.25, -0.2) is 4.98 Å². The molecule has 0 radical (unpaired) electrons. The Morgan fingerprint density at radius 1 is 1.14 bits per heavy atom. The molecule has 0 saturated carbocycles. The second kappa shape index (κ2) is 9.30. The normalized spacial score (nSPS) is 14.9. The van der Waals surface area contributed by atoms with Crippen LogP contribution in [0.4, 0.5) is 0 Å². The first kappa shape index (κ1) is 20.5. The number of hydrogen-bond acceptors (Lipinski definition) is 5. The summed E-state index contributed by atoms with van der Waals surface area (Å²) in [5.41, 5.74) is 3.92. The Morgan fingerprint density at radius 3 is 2.54 bits per heavy atom. The molecular formula is C21H28N4O2S. The van der Waals surface area contributed by atoms with Crippen molar-refractivity contribution in [2.24, 2.45) is 0 Å². The zero-order chi connectivity index (χ0) is 20.1.